The molecular formula is C11H12N2O4. The lowest BCUT2D eigenvalue weighted by Crippen LogP contribution is -2.36. The van der Waals surface area contributed by atoms with E-state index in [1.807, 2.05) is 0 Å². The van der Waals surface area contributed by atoms with Crippen molar-refractivity contribution < 1.29 is 14.6 Å². The molecule has 0 spiro atoms. The van der Waals surface area contributed by atoms with Crippen molar-refractivity contribution in [3.63, 3.8) is 0 Å². The average Bonchev–Trinajstić information content (AvgIpc) is 2.39. The van der Waals surface area contributed by atoms with Crippen molar-refractivity contribution in [3.8, 4) is 0 Å². The van der Waals surface area contributed by atoms with E-state index in [1.54, 1.807) is 6.07 Å². The molecule has 0 aliphatic carbocycles. The molecule has 2 rings (SSSR count). The smallest absolute Gasteiger partial charge is 0.271 e. The fourth-order valence-corrected chi connectivity index (χ4v) is 1.70. The molecule has 17 heavy (non-hydrogen) atoms. The minimum absolute atomic E-state index is 0.0689. The van der Waals surface area contributed by atoms with Gasteiger partial charge in [-0.05, 0) is 18.9 Å². The number of hydroxylamine groups is 2. The maximum atomic E-state index is 12.0. The lowest BCUT2D eigenvalue weighted by molar-refractivity contribution is -0.385. The number of nitro benzene ring substituents is 1. The number of para-hydroxylation sites is 1. The van der Waals surface area contributed by atoms with Crippen LogP contribution in [0.4, 0.5) is 5.69 Å². The fraction of sp³-hybridized carbons (Fsp3) is 0.364. The molecule has 0 radical (unpaired) electrons. The molecule has 1 amide bonds. The van der Waals surface area contributed by atoms with Crippen LogP contribution in [0.5, 0.6) is 0 Å². The van der Waals surface area contributed by atoms with E-state index >= 15 is 0 Å². The lowest BCUT2D eigenvalue weighted by Gasteiger charge is -2.25. The zero-order valence-corrected chi connectivity index (χ0v) is 9.17. The van der Waals surface area contributed by atoms with E-state index in [-0.39, 0.29) is 11.3 Å². The second-order valence-corrected chi connectivity index (χ2v) is 3.72. The molecule has 0 aromatic heterocycles. The Kier molecular flexibility index (Phi) is 3.34. The Morgan fingerprint density at radius 1 is 1.35 bits per heavy atom. The van der Waals surface area contributed by atoms with Gasteiger partial charge >= 0.3 is 0 Å². The number of nitro groups is 1. The van der Waals surface area contributed by atoms with Crippen LogP contribution in [0.15, 0.2) is 24.3 Å². The minimum atomic E-state index is -0.558. The first-order valence-corrected chi connectivity index (χ1v) is 5.38. The Hall–Kier alpha value is -1.95. The van der Waals surface area contributed by atoms with Crippen molar-refractivity contribution in [2.75, 3.05) is 13.2 Å². The van der Waals surface area contributed by atoms with E-state index in [1.165, 1.54) is 23.3 Å². The molecule has 1 fully saturated rings. The van der Waals surface area contributed by atoms with Gasteiger partial charge in [-0.1, -0.05) is 12.1 Å². The predicted molar refractivity (Wildman–Crippen MR) is 59.3 cm³/mol. The first-order chi connectivity index (χ1) is 8.20. The number of carbonyl (C=O) groups excluding carboxylic acids is 1. The molecule has 90 valence electrons. The van der Waals surface area contributed by atoms with E-state index in [0.29, 0.717) is 13.2 Å². The highest BCUT2D eigenvalue weighted by Crippen LogP contribution is 2.21. The summed E-state index contributed by atoms with van der Waals surface area (Å²) in [7, 11) is 0. The van der Waals surface area contributed by atoms with Crippen LogP contribution in [-0.2, 0) is 4.84 Å². The number of rotatable bonds is 2. The van der Waals surface area contributed by atoms with Crippen LogP contribution >= 0.6 is 0 Å². The summed E-state index contributed by atoms with van der Waals surface area (Å²) in [4.78, 5) is 27.5. The van der Waals surface area contributed by atoms with Crippen LogP contribution < -0.4 is 0 Å². The van der Waals surface area contributed by atoms with Gasteiger partial charge in [0.2, 0.25) is 0 Å². The average molecular weight is 236 g/mol. The lowest BCUT2D eigenvalue weighted by atomic mass is 10.1. The summed E-state index contributed by atoms with van der Waals surface area (Å²) in [5.41, 5.74) is -0.119. The van der Waals surface area contributed by atoms with Gasteiger partial charge in [-0.2, -0.15) is 0 Å². The Labute approximate surface area is 97.9 Å². The van der Waals surface area contributed by atoms with Crippen molar-refractivity contribution in [2.24, 2.45) is 0 Å². The summed E-state index contributed by atoms with van der Waals surface area (Å²) in [5, 5.41) is 12.0. The zero-order valence-electron chi connectivity index (χ0n) is 9.17. The molecule has 1 saturated heterocycles. The summed E-state index contributed by atoms with van der Waals surface area (Å²) in [6, 6.07) is 5.89. The third-order valence-corrected chi connectivity index (χ3v) is 2.56. The Bertz CT molecular complexity index is 441. The van der Waals surface area contributed by atoms with Crippen LogP contribution in [0, 0.1) is 10.1 Å². The van der Waals surface area contributed by atoms with Crippen LogP contribution in [0.3, 0.4) is 0 Å². The van der Waals surface area contributed by atoms with Gasteiger partial charge < -0.3 is 0 Å². The molecule has 1 aliphatic heterocycles. The maximum absolute atomic E-state index is 12.0. The van der Waals surface area contributed by atoms with E-state index in [2.05, 4.69) is 0 Å². The van der Waals surface area contributed by atoms with Gasteiger partial charge in [0, 0.05) is 12.6 Å². The quantitative estimate of drug-likeness (QED) is 0.579. The third kappa shape index (κ3) is 2.42. The zero-order chi connectivity index (χ0) is 12.3. The molecular weight excluding hydrogens is 224 g/mol. The number of nitrogens with zero attached hydrogens (tertiary/aromatic N) is 2. The van der Waals surface area contributed by atoms with Gasteiger partial charge in [-0.3, -0.25) is 19.7 Å². The highest BCUT2D eigenvalue weighted by molar-refractivity contribution is 5.97. The molecule has 1 aromatic carbocycles. The summed E-state index contributed by atoms with van der Waals surface area (Å²) in [5.74, 6) is -0.447. The molecule has 1 heterocycles. The molecule has 6 heteroatoms. The highest BCUT2D eigenvalue weighted by atomic mass is 16.7. The SMILES string of the molecule is O=C(c1ccccc1[N+](=O)[O-])N1CCCCO1. The van der Waals surface area contributed by atoms with E-state index in [9.17, 15) is 14.9 Å². The monoisotopic (exact) mass is 236 g/mol. The van der Waals surface area contributed by atoms with Gasteiger partial charge in [0.1, 0.15) is 5.56 Å². The summed E-state index contributed by atoms with van der Waals surface area (Å²) >= 11 is 0. The summed E-state index contributed by atoms with van der Waals surface area (Å²) < 4.78 is 0. The third-order valence-electron chi connectivity index (χ3n) is 2.56. The maximum Gasteiger partial charge on any atom is 0.284 e. The topological polar surface area (TPSA) is 72.7 Å². The van der Waals surface area contributed by atoms with Crippen molar-refractivity contribution in [3.05, 3.63) is 39.9 Å². The molecule has 0 N–H and O–H groups in total. The Morgan fingerprint density at radius 2 is 2.12 bits per heavy atom. The molecule has 0 saturated carbocycles. The molecule has 6 nitrogen and oxygen atoms in total. The minimum Gasteiger partial charge on any atom is -0.271 e. The van der Waals surface area contributed by atoms with Crippen molar-refractivity contribution in [1.82, 2.24) is 5.06 Å². The van der Waals surface area contributed by atoms with Crippen LogP contribution in [-0.4, -0.2) is 29.0 Å². The molecule has 1 aromatic rings. The number of hydrogen-bond acceptors (Lipinski definition) is 4. The molecule has 1 aliphatic rings. The number of amides is 1. The van der Waals surface area contributed by atoms with Crippen molar-refractivity contribution >= 4 is 11.6 Å². The highest BCUT2D eigenvalue weighted by Gasteiger charge is 2.25. The second-order valence-electron chi connectivity index (χ2n) is 3.72. The molecule has 0 bridgehead atoms. The van der Waals surface area contributed by atoms with Gasteiger partial charge in [-0.25, -0.2) is 5.06 Å². The van der Waals surface area contributed by atoms with E-state index < -0.39 is 10.8 Å². The Morgan fingerprint density at radius 3 is 2.76 bits per heavy atom. The summed E-state index contributed by atoms with van der Waals surface area (Å²) in [6.45, 7) is 0.956. The normalized spacial score (nSPS) is 15.6. The van der Waals surface area contributed by atoms with Gasteiger partial charge in [0.25, 0.3) is 11.6 Å². The van der Waals surface area contributed by atoms with Gasteiger partial charge in [0.15, 0.2) is 0 Å². The molecule has 0 atom stereocenters. The number of benzene rings is 1. The number of carbonyl (C=O) groups is 1. The standard InChI is InChI=1S/C11H12N2O4/c14-11(12-7-3-4-8-17-12)9-5-1-2-6-10(9)13(15)16/h1-2,5-6H,3-4,7-8H2. The Balaban J connectivity index is 2.26. The summed E-state index contributed by atoms with van der Waals surface area (Å²) in [6.07, 6.45) is 1.76. The van der Waals surface area contributed by atoms with E-state index in [4.69, 9.17) is 4.84 Å². The first-order valence-electron chi connectivity index (χ1n) is 5.38. The predicted octanol–water partition coefficient (Wildman–Crippen LogP) is 1.76. The molecule has 0 unspecified atom stereocenters. The second kappa shape index (κ2) is 4.92. The van der Waals surface area contributed by atoms with Crippen molar-refractivity contribution in [2.45, 2.75) is 12.8 Å². The van der Waals surface area contributed by atoms with Crippen LogP contribution in [0.25, 0.3) is 0 Å². The van der Waals surface area contributed by atoms with Gasteiger partial charge in [-0.15, -0.1) is 0 Å². The fourth-order valence-electron chi connectivity index (χ4n) is 1.70. The van der Waals surface area contributed by atoms with Crippen LogP contribution in [0.1, 0.15) is 23.2 Å². The number of hydrogen-bond donors (Lipinski definition) is 0. The van der Waals surface area contributed by atoms with Gasteiger partial charge in [0.05, 0.1) is 11.5 Å². The van der Waals surface area contributed by atoms with E-state index in [0.717, 1.165) is 12.8 Å². The largest absolute Gasteiger partial charge is 0.284 e. The van der Waals surface area contributed by atoms with Crippen LogP contribution in [0.2, 0.25) is 0 Å². The van der Waals surface area contributed by atoms with Crippen molar-refractivity contribution in [1.29, 1.82) is 0 Å². The first kappa shape index (κ1) is 11.5.